The second kappa shape index (κ2) is 6.17. The summed E-state index contributed by atoms with van der Waals surface area (Å²) in [6.45, 7) is 4.26. The molecule has 2 rings (SSSR count). The summed E-state index contributed by atoms with van der Waals surface area (Å²) in [7, 11) is 3.69. The Labute approximate surface area is 125 Å². The highest BCUT2D eigenvalue weighted by Gasteiger charge is 2.38. The minimum Gasteiger partial charge on any atom is -0.458 e. The van der Waals surface area contributed by atoms with Crippen molar-refractivity contribution in [1.82, 2.24) is 5.32 Å². The van der Waals surface area contributed by atoms with Gasteiger partial charge in [-0.2, -0.15) is 0 Å². The first-order valence-corrected chi connectivity index (χ1v) is 7.40. The largest absolute Gasteiger partial charge is 0.458 e. The topological polar surface area (TPSA) is 34.4 Å². The van der Waals surface area contributed by atoms with E-state index in [4.69, 9.17) is 20.8 Å². The maximum Gasteiger partial charge on any atom is 0.152 e. The van der Waals surface area contributed by atoms with Gasteiger partial charge in [-0.25, -0.2) is 0 Å². The molecular formula is C16H22ClNO2. The molecule has 110 valence electrons. The molecule has 1 atom stereocenters. The molecule has 0 bridgehead atoms. The number of benzene rings is 1. The van der Waals surface area contributed by atoms with Gasteiger partial charge in [0.05, 0.1) is 16.7 Å². The van der Waals surface area contributed by atoms with Crippen molar-refractivity contribution >= 4 is 22.6 Å². The molecule has 0 spiro atoms. The number of hydrogen-bond donors (Lipinski definition) is 1. The van der Waals surface area contributed by atoms with E-state index in [2.05, 4.69) is 19.2 Å². The third-order valence-electron chi connectivity index (χ3n) is 4.22. The van der Waals surface area contributed by atoms with E-state index in [0.29, 0.717) is 5.02 Å². The monoisotopic (exact) mass is 295 g/mol. The summed E-state index contributed by atoms with van der Waals surface area (Å²) in [4.78, 5) is 0. The molecule has 0 aliphatic carbocycles. The lowest BCUT2D eigenvalue weighted by molar-refractivity contribution is -0.0514. The number of furan rings is 1. The van der Waals surface area contributed by atoms with Gasteiger partial charge in [0.15, 0.2) is 5.58 Å². The van der Waals surface area contributed by atoms with E-state index in [9.17, 15) is 0 Å². The van der Waals surface area contributed by atoms with Crippen molar-refractivity contribution in [3.63, 3.8) is 0 Å². The lowest BCUT2D eigenvalue weighted by atomic mass is 9.86. The van der Waals surface area contributed by atoms with Crippen LogP contribution in [0, 0.1) is 0 Å². The molecule has 0 radical (unpaired) electrons. The summed E-state index contributed by atoms with van der Waals surface area (Å²) in [6.07, 6.45) is 1.80. The van der Waals surface area contributed by atoms with E-state index in [1.165, 1.54) is 0 Å². The first kappa shape index (κ1) is 15.4. The number of ether oxygens (including phenoxy) is 1. The van der Waals surface area contributed by atoms with E-state index >= 15 is 0 Å². The molecule has 0 aliphatic heterocycles. The second-order valence-electron chi connectivity index (χ2n) is 5.00. The van der Waals surface area contributed by atoms with Crippen LogP contribution in [0.3, 0.4) is 0 Å². The Balaban J connectivity index is 2.51. The highest BCUT2D eigenvalue weighted by atomic mass is 35.5. The zero-order chi connectivity index (χ0) is 14.8. The second-order valence-corrected chi connectivity index (χ2v) is 5.41. The predicted molar refractivity (Wildman–Crippen MR) is 83.3 cm³/mol. The number of fused-ring (bicyclic) bond motifs is 1. The van der Waals surface area contributed by atoms with Crippen LogP contribution in [0.5, 0.6) is 0 Å². The van der Waals surface area contributed by atoms with Crippen molar-refractivity contribution in [2.24, 2.45) is 0 Å². The molecule has 1 aromatic heterocycles. The van der Waals surface area contributed by atoms with Crippen molar-refractivity contribution in [3.8, 4) is 0 Å². The van der Waals surface area contributed by atoms with Gasteiger partial charge in [-0.05, 0) is 32.0 Å². The fourth-order valence-corrected chi connectivity index (χ4v) is 3.14. The Morgan fingerprint density at radius 2 is 2.05 bits per heavy atom. The number of para-hydroxylation sites is 1. The number of likely N-dealkylation sites (N-methyl/N-ethyl adjacent to an activating group) is 1. The Morgan fingerprint density at radius 3 is 2.55 bits per heavy atom. The van der Waals surface area contributed by atoms with Gasteiger partial charge in [-0.1, -0.05) is 37.6 Å². The van der Waals surface area contributed by atoms with E-state index in [1.807, 2.05) is 31.3 Å². The van der Waals surface area contributed by atoms with Crippen molar-refractivity contribution in [1.29, 1.82) is 0 Å². The molecule has 1 N–H and O–H groups in total. The molecule has 2 aromatic rings. The first-order chi connectivity index (χ1) is 9.61. The van der Waals surface area contributed by atoms with Crippen LogP contribution < -0.4 is 5.32 Å². The quantitative estimate of drug-likeness (QED) is 0.849. The molecule has 0 aliphatic rings. The van der Waals surface area contributed by atoms with Crippen LogP contribution in [0.1, 0.15) is 38.5 Å². The predicted octanol–water partition coefficient (Wildman–Crippen LogP) is 4.55. The normalized spacial score (nSPS) is 13.8. The average molecular weight is 296 g/mol. The van der Waals surface area contributed by atoms with Crippen molar-refractivity contribution in [2.45, 2.75) is 38.3 Å². The summed E-state index contributed by atoms with van der Waals surface area (Å²) in [5.41, 5.74) is 0.455. The van der Waals surface area contributed by atoms with Gasteiger partial charge in [0.25, 0.3) is 0 Å². The molecule has 1 heterocycles. The fraction of sp³-hybridized carbons (Fsp3) is 0.500. The zero-order valence-corrected chi connectivity index (χ0v) is 13.3. The van der Waals surface area contributed by atoms with Gasteiger partial charge in [0.2, 0.25) is 0 Å². The third kappa shape index (κ3) is 2.46. The Kier molecular flexibility index (Phi) is 4.74. The Bertz CT molecular complexity index is 567. The number of halogens is 1. The molecule has 0 saturated heterocycles. The summed E-state index contributed by atoms with van der Waals surface area (Å²) in [6, 6.07) is 7.82. The van der Waals surface area contributed by atoms with Gasteiger partial charge in [0, 0.05) is 12.5 Å². The van der Waals surface area contributed by atoms with Crippen molar-refractivity contribution in [3.05, 3.63) is 35.0 Å². The molecular weight excluding hydrogens is 274 g/mol. The maximum absolute atomic E-state index is 6.19. The number of nitrogens with one attached hydrogen (secondary N) is 1. The van der Waals surface area contributed by atoms with E-state index in [0.717, 1.165) is 29.6 Å². The maximum atomic E-state index is 6.19. The lowest BCUT2D eigenvalue weighted by Crippen LogP contribution is -2.43. The Hall–Kier alpha value is -1.03. The molecule has 0 amide bonds. The summed E-state index contributed by atoms with van der Waals surface area (Å²) in [5, 5.41) is 4.99. The highest BCUT2D eigenvalue weighted by Crippen LogP contribution is 2.38. The molecule has 0 fully saturated rings. The van der Waals surface area contributed by atoms with E-state index in [-0.39, 0.29) is 11.6 Å². The molecule has 1 aromatic carbocycles. The van der Waals surface area contributed by atoms with E-state index in [1.54, 1.807) is 7.11 Å². The number of methoxy groups -OCH3 is 1. The van der Waals surface area contributed by atoms with Crippen molar-refractivity contribution in [2.75, 3.05) is 14.2 Å². The van der Waals surface area contributed by atoms with Gasteiger partial charge in [-0.15, -0.1) is 0 Å². The molecule has 4 heteroatoms. The molecule has 20 heavy (non-hydrogen) atoms. The van der Waals surface area contributed by atoms with Crippen LogP contribution in [-0.2, 0) is 4.74 Å². The van der Waals surface area contributed by atoms with Crippen LogP contribution in [0.15, 0.2) is 28.7 Å². The van der Waals surface area contributed by atoms with Crippen LogP contribution in [0.25, 0.3) is 11.0 Å². The molecule has 1 unspecified atom stereocenters. The van der Waals surface area contributed by atoms with Crippen LogP contribution in [0.2, 0.25) is 5.02 Å². The number of hydrogen-bond acceptors (Lipinski definition) is 3. The van der Waals surface area contributed by atoms with Gasteiger partial charge in [-0.3, -0.25) is 0 Å². The van der Waals surface area contributed by atoms with Gasteiger partial charge in [0.1, 0.15) is 5.76 Å². The molecule has 0 saturated carbocycles. The smallest absolute Gasteiger partial charge is 0.152 e. The standard InChI is InChI=1S/C16H22ClNO2/c1-5-16(6-2,19-4)15(18-3)13-10-11-8-7-9-12(17)14(11)20-13/h7-10,15,18H,5-6H2,1-4H3. The minimum atomic E-state index is -0.283. The van der Waals surface area contributed by atoms with E-state index < -0.39 is 0 Å². The van der Waals surface area contributed by atoms with Crippen LogP contribution >= 0.6 is 11.6 Å². The highest BCUT2D eigenvalue weighted by molar-refractivity contribution is 6.34. The minimum absolute atomic E-state index is 0.00836. The summed E-state index contributed by atoms with van der Waals surface area (Å²) in [5.74, 6) is 0.862. The SMILES string of the molecule is CCC(CC)(OC)C(NC)c1cc2cccc(Cl)c2o1. The molecule has 3 nitrogen and oxygen atoms in total. The lowest BCUT2D eigenvalue weighted by Gasteiger charge is -2.37. The van der Waals surface area contributed by atoms with Gasteiger partial charge < -0.3 is 14.5 Å². The fourth-order valence-electron chi connectivity index (χ4n) is 2.92. The Morgan fingerprint density at radius 1 is 1.35 bits per heavy atom. The van der Waals surface area contributed by atoms with Crippen LogP contribution in [-0.4, -0.2) is 19.8 Å². The number of rotatable bonds is 6. The van der Waals surface area contributed by atoms with Crippen LogP contribution in [0.4, 0.5) is 0 Å². The van der Waals surface area contributed by atoms with Crippen molar-refractivity contribution < 1.29 is 9.15 Å². The summed E-state index contributed by atoms with van der Waals surface area (Å²) < 4.78 is 11.8. The van der Waals surface area contributed by atoms with Gasteiger partial charge >= 0.3 is 0 Å². The zero-order valence-electron chi connectivity index (χ0n) is 12.5. The average Bonchev–Trinajstić information content (AvgIpc) is 2.90. The first-order valence-electron chi connectivity index (χ1n) is 7.02. The summed E-state index contributed by atoms with van der Waals surface area (Å²) >= 11 is 6.19. The third-order valence-corrected chi connectivity index (χ3v) is 4.52.